The minimum atomic E-state index is -0.328. The van der Waals surface area contributed by atoms with Crippen LogP contribution >= 0.6 is 0 Å². The van der Waals surface area contributed by atoms with Crippen LogP contribution in [0.15, 0.2) is 48.5 Å². The molecule has 1 atom stereocenters. The molecule has 1 heterocycles. The Hall–Kier alpha value is -2.89. The lowest BCUT2D eigenvalue weighted by molar-refractivity contribution is -0.149. The van der Waals surface area contributed by atoms with Crippen molar-refractivity contribution in [3.05, 3.63) is 59.9 Å². The van der Waals surface area contributed by atoms with Crippen LogP contribution in [-0.4, -0.2) is 36.5 Å². The van der Waals surface area contributed by atoms with Crippen molar-refractivity contribution >= 4 is 11.9 Å². The van der Waals surface area contributed by atoms with Gasteiger partial charge in [-0.15, -0.1) is 0 Å². The molecule has 0 unspecified atom stereocenters. The van der Waals surface area contributed by atoms with E-state index in [4.69, 9.17) is 9.47 Å². The third-order valence-corrected chi connectivity index (χ3v) is 4.48. The number of rotatable bonds is 5. The summed E-state index contributed by atoms with van der Waals surface area (Å²) < 4.78 is 23.7. The second kappa shape index (κ2) is 8.66. The van der Waals surface area contributed by atoms with Crippen molar-refractivity contribution in [1.82, 2.24) is 4.90 Å². The maximum Gasteiger partial charge on any atom is 0.310 e. The number of carbonyl (C=O) groups is 2. The summed E-state index contributed by atoms with van der Waals surface area (Å²) in [6.45, 7) is 3.13. The van der Waals surface area contributed by atoms with E-state index in [-0.39, 0.29) is 23.6 Å². The number of nitrogens with zero attached hydrogens (tertiary/aromatic N) is 1. The Kier molecular flexibility index (Phi) is 6.06. The zero-order valence-electron chi connectivity index (χ0n) is 15.2. The van der Waals surface area contributed by atoms with E-state index >= 15 is 0 Å². The smallest absolute Gasteiger partial charge is 0.310 e. The maximum absolute atomic E-state index is 12.9. The van der Waals surface area contributed by atoms with Gasteiger partial charge in [0, 0.05) is 18.7 Å². The van der Waals surface area contributed by atoms with Gasteiger partial charge in [0.05, 0.1) is 12.5 Å². The van der Waals surface area contributed by atoms with Gasteiger partial charge in [0.1, 0.15) is 17.3 Å². The summed E-state index contributed by atoms with van der Waals surface area (Å²) in [4.78, 5) is 26.4. The molecule has 142 valence electrons. The Bertz CT molecular complexity index is 789. The molecule has 0 aliphatic carbocycles. The molecule has 0 radical (unpaired) electrons. The maximum atomic E-state index is 12.9. The van der Waals surface area contributed by atoms with Crippen LogP contribution in [-0.2, 0) is 9.53 Å². The molecule has 0 spiro atoms. The second-order valence-electron chi connectivity index (χ2n) is 6.42. The van der Waals surface area contributed by atoms with Crippen LogP contribution in [0.5, 0.6) is 11.5 Å². The Morgan fingerprint density at radius 1 is 1.07 bits per heavy atom. The van der Waals surface area contributed by atoms with E-state index in [1.807, 2.05) is 0 Å². The summed E-state index contributed by atoms with van der Waals surface area (Å²) >= 11 is 0. The molecule has 6 heteroatoms. The summed E-state index contributed by atoms with van der Waals surface area (Å²) in [7, 11) is 0. The number of amides is 1. The van der Waals surface area contributed by atoms with Gasteiger partial charge in [0.2, 0.25) is 0 Å². The van der Waals surface area contributed by atoms with Gasteiger partial charge in [-0.3, -0.25) is 9.59 Å². The molecule has 27 heavy (non-hydrogen) atoms. The number of ether oxygens (including phenoxy) is 2. The molecule has 0 bridgehead atoms. The summed E-state index contributed by atoms with van der Waals surface area (Å²) in [5, 5.41) is 0. The van der Waals surface area contributed by atoms with E-state index in [0.717, 1.165) is 12.8 Å². The first kappa shape index (κ1) is 18.9. The third-order valence-electron chi connectivity index (χ3n) is 4.48. The van der Waals surface area contributed by atoms with Crippen LogP contribution in [0.1, 0.15) is 30.1 Å². The van der Waals surface area contributed by atoms with Gasteiger partial charge in [-0.05, 0) is 68.3 Å². The predicted octanol–water partition coefficient (Wildman–Crippen LogP) is 4.03. The first-order valence-corrected chi connectivity index (χ1v) is 9.06. The Labute approximate surface area is 157 Å². The van der Waals surface area contributed by atoms with E-state index < -0.39 is 0 Å². The number of benzene rings is 2. The van der Waals surface area contributed by atoms with Gasteiger partial charge in [-0.2, -0.15) is 0 Å². The Morgan fingerprint density at radius 3 is 2.33 bits per heavy atom. The standard InChI is InChI=1S/C21H22FNO4/c1-2-26-21(25)16-4-3-13-23(14-16)20(24)15-5-9-18(10-6-15)27-19-11-7-17(22)8-12-19/h5-12,16H,2-4,13-14H2,1H3/t16-/m0/s1. The van der Waals surface area contributed by atoms with Crippen LogP contribution in [0.4, 0.5) is 4.39 Å². The van der Waals surface area contributed by atoms with Gasteiger partial charge in [-0.25, -0.2) is 4.39 Å². The van der Waals surface area contributed by atoms with E-state index in [0.29, 0.717) is 36.8 Å². The van der Waals surface area contributed by atoms with Gasteiger partial charge < -0.3 is 14.4 Å². The molecule has 3 rings (SSSR count). The number of esters is 1. The fourth-order valence-corrected chi connectivity index (χ4v) is 3.10. The van der Waals surface area contributed by atoms with Crippen molar-refractivity contribution in [2.75, 3.05) is 19.7 Å². The SMILES string of the molecule is CCOC(=O)[C@H]1CCCN(C(=O)c2ccc(Oc3ccc(F)cc3)cc2)C1. The van der Waals surface area contributed by atoms with E-state index in [1.165, 1.54) is 24.3 Å². The predicted molar refractivity (Wildman–Crippen MR) is 98.2 cm³/mol. The summed E-state index contributed by atoms with van der Waals surface area (Å²) in [6.07, 6.45) is 1.52. The van der Waals surface area contributed by atoms with Crippen molar-refractivity contribution < 1.29 is 23.5 Å². The molecule has 1 amide bonds. The third kappa shape index (κ3) is 4.84. The molecule has 5 nitrogen and oxygen atoms in total. The van der Waals surface area contributed by atoms with Crippen molar-refractivity contribution in [2.24, 2.45) is 5.92 Å². The van der Waals surface area contributed by atoms with E-state index in [9.17, 15) is 14.0 Å². The van der Waals surface area contributed by atoms with E-state index in [2.05, 4.69) is 0 Å². The van der Waals surface area contributed by atoms with Gasteiger partial charge in [0.25, 0.3) is 5.91 Å². The molecule has 0 saturated carbocycles. The first-order valence-electron chi connectivity index (χ1n) is 9.06. The number of likely N-dealkylation sites (tertiary alicyclic amines) is 1. The van der Waals surface area contributed by atoms with E-state index in [1.54, 1.807) is 36.1 Å². The molecular formula is C21H22FNO4. The number of hydrogen-bond acceptors (Lipinski definition) is 4. The molecule has 1 aliphatic heterocycles. The van der Waals surface area contributed by atoms with Crippen LogP contribution in [0, 0.1) is 11.7 Å². The Morgan fingerprint density at radius 2 is 1.70 bits per heavy atom. The molecule has 2 aromatic carbocycles. The zero-order chi connectivity index (χ0) is 19.2. The van der Waals surface area contributed by atoms with Crippen molar-refractivity contribution in [2.45, 2.75) is 19.8 Å². The molecule has 2 aromatic rings. The number of carbonyl (C=O) groups excluding carboxylic acids is 2. The fraction of sp³-hybridized carbons (Fsp3) is 0.333. The quantitative estimate of drug-likeness (QED) is 0.745. The molecular weight excluding hydrogens is 349 g/mol. The van der Waals surface area contributed by atoms with Crippen LogP contribution in [0.2, 0.25) is 0 Å². The van der Waals surface area contributed by atoms with Crippen molar-refractivity contribution in [3.63, 3.8) is 0 Å². The molecule has 1 fully saturated rings. The fourth-order valence-electron chi connectivity index (χ4n) is 3.10. The van der Waals surface area contributed by atoms with Crippen molar-refractivity contribution in [1.29, 1.82) is 0 Å². The van der Waals surface area contributed by atoms with Crippen LogP contribution < -0.4 is 4.74 Å². The zero-order valence-corrected chi connectivity index (χ0v) is 15.2. The number of halogens is 1. The highest BCUT2D eigenvalue weighted by Gasteiger charge is 2.29. The van der Waals surface area contributed by atoms with Crippen LogP contribution in [0.3, 0.4) is 0 Å². The van der Waals surface area contributed by atoms with Gasteiger partial charge in [-0.1, -0.05) is 0 Å². The lowest BCUT2D eigenvalue weighted by Gasteiger charge is -2.31. The average molecular weight is 371 g/mol. The highest BCUT2D eigenvalue weighted by atomic mass is 19.1. The summed E-state index contributed by atoms with van der Waals surface area (Å²) in [5.74, 6) is 0.134. The first-order chi connectivity index (χ1) is 13.1. The van der Waals surface area contributed by atoms with Gasteiger partial charge >= 0.3 is 5.97 Å². The molecule has 0 aromatic heterocycles. The van der Waals surface area contributed by atoms with Gasteiger partial charge in [0.15, 0.2) is 0 Å². The average Bonchev–Trinajstić information content (AvgIpc) is 2.70. The highest BCUT2D eigenvalue weighted by Crippen LogP contribution is 2.24. The summed E-state index contributed by atoms with van der Waals surface area (Å²) in [6, 6.07) is 12.5. The van der Waals surface area contributed by atoms with Crippen molar-refractivity contribution in [3.8, 4) is 11.5 Å². The highest BCUT2D eigenvalue weighted by molar-refractivity contribution is 5.94. The second-order valence-corrected chi connectivity index (χ2v) is 6.42. The molecule has 1 aliphatic rings. The molecule has 1 saturated heterocycles. The largest absolute Gasteiger partial charge is 0.466 e. The number of piperidine rings is 1. The normalized spacial score (nSPS) is 16.7. The lowest BCUT2D eigenvalue weighted by atomic mass is 9.97. The minimum absolute atomic E-state index is 0.114. The Balaban J connectivity index is 1.63. The topological polar surface area (TPSA) is 55.8 Å². The lowest BCUT2D eigenvalue weighted by Crippen LogP contribution is -2.42. The minimum Gasteiger partial charge on any atom is -0.466 e. The summed E-state index contributed by atoms with van der Waals surface area (Å²) in [5.41, 5.74) is 0.533. The van der Waals surface area contributed by atoms with Crippen LogP contribution in [0.25, 0.3) is 0 Å². The molecule has 0 N–H and O–H groups in total. The number of hydrogen-bond donors (Lipinski definition) is 0. The monoisotopic (exact) mass is 371 g/mol.